The fourth-order valence-electron chi connectivity index (χ4n) is 2.15. The number of rotatable bonds is 5. The molecular formula is C17H18N4OS2. The van der Waals surface area contributed by atoms with Gasteiger partial charge in [-0.2, -0.15) is 0 Å². The van der Waals surface area contributed by atoms with Crippen LogP contribution < -0.4 is 5.32 Å². The van der Waals surface area contributed by atoms with E-state index in [0.717, 1.165) is 16.3 Å². The molecule has 0 saturated heterocycles. The van der Waals surface area contributed by atoms with Gasteiger partial charge in [-0.1, -0.05) is 47.2 Å². The number of carbonyl (C=O) groups is 1. The second kappa shape index (κ2) is 7.55. The Balaban J connectivity index is 1.57. The third-order valence-electron chi connectivity index (χ3n) is 3.48. The van der Waals surface area contributed by atoms with Crippen LogP contribution in [0.25, 0.3) is 0 Å². The normalized spacial score (nSPS) is 10.6. The average Bonchev–Trinajstić information content (AvgIpc) is 3.22. The molecule has 0 atom stereocenters. The number of thiophene rings is 1. The summed E-state index contributed by atoms with van der Waals surface area (Å²) in [6.07, 6.45) is 0.721. The van der Waals surface area contributed by atoms with Crippen molar-refractivity contribution in [1.29, 1.82) is 0 Å². The van der Waals surface area contributed by atoms with Crippen molar-refractivity contribution >= 4 is 33.8 Å². The minimum absolute atomic E-state index is 0.179. The lowest BCUT2D eigenvalue weighted by atomic mass is 10.1. The summed E-state index contributed by atoms with van der Waals surface area (Å²) in [5, 5.41) is 14.4. The molecule has 0 aliphatic heterocycles. The van der Waals surface area contributed by atoms with Crippen molar-refractivity contribution in [2.75, 3.05) is 12.4 Å². The number of hydrogen-bond acceptors (Lipinski definition) is 5. The summed E-state index contributed by atoms with van der Waals surface area (Å²) in [6.45, 7) is 2.65. The number of amides is 2. The van der Waals surface area contributed by atoms with E-state index >= 15 is 0 Å². The third-order valence-corrected chi connectivity index (χ3v) is 5.18. The number of nitrogens with zero attached hydrogens (tertiary/aromatic N) is 3. The minimum atomic E-state index is -0.179. The second-order valence-electron chi connectivity index (χ2n) is 5.53. The Labute approximate surface area is 149 Å². The zero-order chi connectivity index (χ0) is 16.9. The van der Waals surface area contributed by atoms with E-state index in [9.17, 15) is 4.79 Å². The first-order valence-electron chi connectivity index (χ1n) is 7.52. The molecule has 7 heteroatoms. The fraction of sp³-hybridized carbons (Fsp3) is 0.235. The zero-order valence-corrected chi connectivity index (χ0v) is 15.2. The quantitative estimate of drug-likeness (QED) is 0.745. The summed E-state index contributed by atoms with van der Waals surface area (Å²) in [6, 6.07) is 12.2. The van der Waals surface area contributed by atoms with E-state index in [1.54, 1.807) is 23.3 Å². The van der Waals surface area contributed by atoms with Crippen LogP contribution in [0.4, 0.5) is 9.93 Å². The molecule has 0 aliphatic carbocycles. The Hall–Kier alpha value is -2.25. The summed E-state index contributed by atoms with van der Waals surface area (Å²) < 4.78 is 0. The van der Waals surface area contributed by atoms with Crippen molar-refractivity contribution in [2.45, 2.75) is 19.9 Å². The van der Waals surface area contributed by atoms with E-state index in [1.807, 2.05) is 17.5 Å². The van der Waals surface area contributed by atoms with Gasteiger partial charge in [0.25, 0.3) is 0 Å². The first kappa shape index (κ1) is 16.6. The number of benzene rings is 1. The number of nitrogens with one attached hydrogen (secondary N) is 1. The van der Waals surface area contributed by atoms with E-state index in [-0.39, 0.29) is 6.03 Å². The van der Waals surface area contributed by atoms with Crippen molar-refractivity contribution in [1.82, 2.24) is 15.1 Å². The van der Waals surface area contributed by atoms with Crippen molar-refractivity contribution in [3.05, 3.63) is 62.8 Å². The van der Waals surface area contributed by atoms with Crippen LogP contribution in [-0.4, -0.2) is 28.2 Å². The highest BCUT2D eigenvalue weighted by Crippen LogP contribution is 2.19. The fourth-order valence-corrected chi connectivity index (χ4v) is 3.67. The van der Waals surface area contributed by atoms with Gasteiger partial charge in [0.15, 0.2) is 0 Å². The Bertz CT molecular complexity index is 796. The first-order valence-corrected chi connectivity index (χ1v) is 9.22. The number of urea groups is 1. The molecule has 2 heterocycles. The number of aromatic nitrogens is 2. The maximum absolute atomic E-state index is 12.2. The van der Waals surface area contributed by atoms with Gasteiger partial charge in [-0.3, -0.25) is 5.32 Å². The predicted octanol–water partition coefficient (Wildman–Crippen LogP) is 4.16. The summed E-state index contributed by atoms with van der Waals surface area (Å²) in [5.74, 6) is 0. The molecule has 0 fully saturated rings. The molecule has 2 amide bonds. The molecular weight excluding hydrogens is 340 g/mol. The Morgan fingerprint density at radius 2 is 2.00 bits per heavy atom. The molecule has 5 nitrogen and oxygen atoms in total. The van der Waals surface area contributed by atoms with Gasteiger partial charge in [-0.25, -0.2) is 4.79 Å². The highest BCUT2D eigenvalue weighted by molar-refractivity contribution is 7.15. The highest BCUT2D eigenvalue weighted by Gasteiger charge is 2.13. The molecule has 0 unspecified atom stereocenters. The van der Waals surface area contributed by atoms with Gasteiger partial charge in [0.2, 0.25) is 5.13 Å². The number of anilines is 1. The lowest BCUT2D eigenvalue weighted by Crippen LogP contribution is -2.30. The van der Waals surface area contributed by atoms with Gasteiger partial charge in [-0.15, -0.1) is 21.5 Å². The summed E-state index contributed by atoms with van der Waals surface area (Å²) in [7, 11) is 1.77. The van der Waals surface area contributed by atoms with Crippen LogP contribution in [0.5, 0.6) is 0 Å². The maximum Gasteiger partial charge on any atom is 0.323 e. The van der Waals surface area contributed by atoms with Crippen molar-refractivity contribution in [3.8, 4) is 0 Å². The van der Waals surface area contributed by atoms with E-state index in [2.05, 4.69) is 46.7 Å². The van der Waals surface area contributed by atoms with Crippen LogP contribution in [0.15, 0.2) is 41.8 Å². The first-order chi connectivity index (χ1) is 11.6. The van der Waals surface area contributed by atoms with Gasteiger partial charge < -0.3 is 4.90 Å². The SMILES string of the molecule is Cc1ccc(Cc2nnc(NC(=O)N(C)Cc3cccs3)s2)cc1. The monoisotopic (exact) mass is 358 g/mol. The Morgan fingerprint density at radius 3 is 2.71 bits per heavy atom. The molecule has 0 aliphatic rings. The van der Waals surface area contributed by atoms with Crippen LogP contribution in [0.3, 0.4) is 0 Å². The van der Waals surface area contributed by atoms with E-state index in [0.29, 0.717) is 11.7 Å². The number of aryl methyl sites for hydroxylation is 1. The molecule has 2 aromatic heterocycles. The van der Waals surface area contributed by atoms with Gasteiger partial charge in [0.05, 0.1) is 6.54 Å². The van der Waals surface area contributed by atoms with E-state index in [1.165, 1.54) is 22.5 Å². The van der Waals surface area contributed by atoms with E-state index in [4.69, 9.17) is 0 Å². The largest absolute Gasteiger partial charge is 0.323 e. The van der Waals surface area contributed by atoms with Crippen molar-refractivity contribution in [2.24, 2.45) is 0 Å². The molecule has 24 heavy (non-hydrogen) atoms. The molecule has 0 bridgehead atoms. The average molecular weight is 358 g/mol. The lowest BCUT2D eigenvalue weighted by molar-refractivity contribution is 0.221. The van der Waals surface area contributed by atoms with E-state index < -0.39 is 0 Å². The number of carbonyl (C=O) groups excluding carboxylic acids is 1. The van der Waals surface area contributed by atoms with Crippen LogP contribution in [-0.2, 0) is 13.0 Å². The third kappa shape index (κ3) is 4.39. The van der Waals surface area contributed by atoms with Crippen LogP contribution in [0, 0.1) is 6.92 Å². The molecule has 3 rings (SSSR count). The summed E-state index contributed by atoms with van der Waals surface area (Å²) in [4.78, 5) is 15.0. The van der Waals surface area contributed by atoms with Crippen molar-refractivity contribution < 1.29 is 4.79 Å². The topological polar surface area (TPSA) is 58.1 Å². The van der Waals surface area contributed by atoms with Gasteiger partial charge in [-0.05, 0) is 23.9 Å². The highest BCUT2D eigenvalue weighted by atomic mass is 32.1. The number of hydrogen-bond donors (Lipinski definition) is 1. The van der Waals surface area contributed by atoms with Gasteiger partial charge in [0, 0.05) is 18.3 Å². The molecule has 0 spiro atoms. The smallest absolute Gasteiger partial charge is 0.322 e. The molecule has 3 aromatic rings. The molecule has 124 valence electrons. The van der Waals surface area contributed by atoms with Gasteiger partial charge in [0.1, 0.15) is 5.01 Å². The Morgan fingerprint density at radius 1 is 1.21 bits per heavy atom. The van der Waals surface area contributed by atoms with Crippen LogP contribution in [0.1, 0.15) is 21.0 Å². The van der Waals surface area contributed by atoms with Crippen LogP contribution >= 0.6 is 22.7 Å². The molecule has 1 N–H and O–H groups in total. The van der Waals surface area contributed by atoms with Gasteiger partial charge >= 0.3 is 6.03 Å². The molecule has 1 aromatic carbocycles. The van der Waals surface area contributed by atoms with Crippen molar-refractivity contribution in [3.63, 3.8) is 0 Å². The minimum Gasteiger partial charge on any atom is -0.322 e. The summed E-state index contributed by atoms with van der Waals surface area (Å²) >= 11 is 3.04. The molecule has 0 radical (unpaired) electrons. The second-order valence-corrected chi connectivity index (χ2v) is 7.62. The van der Waals surface area contributed by atoms with Crippen LogP contribution in [0.2, 0.25) is 0 Å². The zero-order valence-electron chi connectivity index (χ0n) is 13.5. The predicted molar refractivity (Wildman–Crippen MR) is 98.7 cm³/mol. The maximum atomic E-state index is 12.2. The lowest BCUT2D eigenvalue weighted by Gasteiger charge is -2.15. The standard InChI is InChI=1S/C17H18N4OS2/c1-12-5-7-13(8-6-12)10-15-19-20-16(24-15)18-17(22)21(2)11-14-4-3-9-23-14/h3-9H,10-11H2,1-2H3,(H,18,20,22). The Kier molecular flexibility index (Phi) is 5.22. The molecule has 0 saturated carbocycles. The summed E-state index contributed by atoms with van der Waals surface area (Å²) in [5.41, 5.74) is 2.42.